The van der Waals surface area contributed by atoms with E-state index in [2.05, 4.69) is 74.6 Å². The summed E-state index contributed by atoms with van der Waals surface area (Å²) in [6.07, 6.45) is 36.6. The number of esters is 2. The topological polar surface area (TPSA) is 210 Å². The molecule has 6 N–H and O–H groups in total. The van der Waals surface area contributed by atoms with Crippen LogP contribution in [0, 0.1) is 0 Å². The van der Waals surface area contributed by atoms with Crippen molar-refractivity contribution in [3.05, 3.63) is 85.1 Å². The zero-order chi connectivity index (χ0) is 46.4. The molecular formula is C49H81O13P. The van der Waals surface area contributed by atoms with Crippen LogP contribution in [0.25, 0.3) is 0 Å². The second-order valence-corrected chi connectivity index (χ2v) is 17.3. The van der Waals surface area contributed by atoms with Gasteiger partial charge in [0.1, 0.15) is 43.2 Å². The highest BCUT2D eigenvalue weighted by Gasteiger charge is 2.51. The predicted molar refractivity (Wildman–Crippen MR) is 248 cm³/mol. The molecule has 360 valence electrons. The number of hydrogen-bond donors (Lipinski definition) is 6. The van der Waals surface area contributed by atoms with Crippen molar-refractivity contribution in [2.24, 2.45) is 0 Å². The number of carbonyl (C=O) groups excluding carboxylic acids is 2. The molecule has 14 heteroatoms. The van der Waals surface area contributed by atoms with Gasteiger partial charge in [0.15, 0.2) is 6.10 Å². The van der Waals surface area contributed by atoms with Crippen LogP contribution in [0.15, 0.2) is 85.1 Å². The van der Waals surface area contributed by atoms with Crippen molar-refractivity contribution >= 4 is 19.8 Å². The summed E-state index contributed by atoms with van der Waals surface area (Å²) in [4.78, 5) is 35.6. The summed E-state index contributed by atoms with van der Waals surface area (Å²) < 4.78 is 33.4. The Kier molecular flexibility index (Phi) is 35.3. The van der Waals surface area contributed by atoms with Gasteiger partial charge in [-0.3, -0.25) is 18.6 Å². The third-order valence-electron chi connectivity index (χ3n) is 10.2. The quantitative estimate of drug-likeness (QED) is 0.0149. The molecule has 0 aromatic carbocycles. The van der Waals surface area contributed by atoms with Gasteiger partial charge in [0.25, 0.3) is 0 Å². The highest BCUT2D eigenvalue weighted by atomic mass is 31.2. The molecule has 0 radical (unpaired) electrons. The second-order valence-electron chi connectivity index (χ2n) is 15.9. The summed E-state index contributed by atoms with van der Waals surface area (Å²) in [5.74, 6) is -1.26. The van der Waals surface area contributed by atoms with Gasteiger partial charge < -0.3 is 39.9 Å². The SMILES string of the molecule is CC/C=C\C/C=C\C/C=C\C/C=C\C/C=C\C/C=C\CCC(=O)OC(COC(=O)CC/C=C\CCCCCCCCCCCCC)COP(=O)(O)OC1[C@H](O)[C@H](O)C(O)[C@H](O)[C@H]1O. The standard InChI is InChI=1S/C49H81O13P/c1-3-5-7-9-11-13-15-17-19-20-21-22-24-26-28-30-32-34-36-38-43(51)61-41(40-60-63(57,58)62-49-47(55)45(53)44(52)46(54)48(49)56)39-59-42(50)37-35-33-31-29-27-25-23-18-16-14-12-10-8-6-4-2/h5,7,11,13,17,19,21-22,26,28,31-34,41,44-49,52-56H,3-4,6,8-10,12,14-16,18,20,23-25,27,29-30,35-40H2,1-2H3,(H,57,58)/b7-5-,13-11-,19-17-,22-21-,28-26-,33-31-,34-32-/t41?,44?,45-,46+,47-,48-,49?/m1/s1. The minimum Gasteiger partial charge on any atom is -0.462 e. The van der Waals surface area contributed by atoms with E-state index in [-0.39, 0.29) is 12.8 Å². The second kappa shape index (κ2) is 38.3. The Hall–Kier alpha value is -2.97. The third kappa shape index (κ3) is 30.7. The average Bonchev–Trinajstić information content (AvgIpc) is 3.26. The van der Waals surface area contributed by atoms with E-state index in [0.717, 1.165) is 44.9 Å². The van der Waals surface area contributed by atoms with E-state index in [9.17, 15) is 44.6 Å². The molecule has 0 bridgehead atoms. The maximum absolute atomic E-state index is 12.8. The first-order valence-electron chi connectivity index (χ1n) is 23.4. The molecule has 0 aromatic heterocycles. The van der Waals surface area contributed by atoms with Crippen molar-refractivity contribution < 1.29 is 63.1 Å². The molecule has 1 rings (SSSR count). The molecule has 0 saturated heterocycles. The molecule has 0 aliphatic heterocycles. The van der Waals surface area contributed by atoms with Crippen molar-refractivity contribution in [1.29, 1.82) is 0 Å². The Morgan fingerprint density at radius 1 is 0.508 bits per heavy atom. The summed E-state index contributed by atoms with van der Waals surface area (Å²) in [7, 11) is -5.15. The lowest BCUT2D eigenvalue weighted by Gasteiger charge is -2.41. The van der Waals surface area contributed by atoms with Crippen molar-refractivity contribution in [3.8, 4) is 0 Å². The van der Waals surface area contributed by atoms with Crippen LogP contribution < -0.4 is 0 Å². The molecule has 1 saturated carbocycles. The third-order valence-corrected chi connectivity index (χ3v) is 11.2. The van der Waals surface area contributed by atoms with E-state index >= 15 is 0 Å². The molecule has 0 aromatic rings. The Bertz CT molecular complexity index is 1420. The molecule has 63 heavy (non-hydrogen) atoms. The van der Waals surface area contributed by atoms with E-state index in [1.807, 2.05) is 24.3 Å². The minimum absolute atomic E-state index is 0.0393. The Labute approximate surface area is 378 Å². The van der Waals surface area contributed by atoms with Crippen molar-refractivity contribution in [3.63, 3.8) is 0 Å². The highest BCUT2D eigenvalue weighted by Crippen LogP contribution is 2.47. The summed E-state index contributed by atoms with van der Waals surface area (Å²) in [5.41, 5.74) is 0. The van der Waals surface area contributed by atoms with Crippen LogP contribution >= 0.6 is 7.82 Å². The Balaban J connectivity index is 2.54. The summed E-state index contributed by atoms with van der Waals surface area (Å²) in [6.45, 7) is 3.08. The average molecular weight is 909 g/mol. The first kappa shape index (κ1) is 58.0. The lowest BCUT2D eigenvalue weighted by molar-refractivity contribution is -0.220. The zero-order valence-corrected chi connectivity index (χ0v) is 39.0. The maximum atomic E-state index is 12.8. The Morgan fingerprint density at radius 2 is 0.905 bits per heavy atom. The lowest BCUT2D eigenvalue weighted by atomic mass is 9.85. The van der Waals surface area contributed by atoms with Gasteiger partial charge in [-0.15, -0.1) is 0 Å². The zero-order valence-electron chi connectivity index (χ0n) is 38.1. The van der Waals surface area contributed by atoms with Crippen LogP contribution in [0.4, 0.5) is 0 Å². The van der Waals surface area contributed by atoms with Crippen LogP contribution in [0.3, 0.4) is 0 Å². The molecule has 0 heterocycles. The fourth-order valence-electron chi connectivity index (χ4n) is 6.51. The van der Waals surface area contributed by atoms with Gasteiger partial charge in [-0.2, -0.15) is 0 Å². The molecule has 1 aliphatic rings. The van der Waals surface area contributed by atoms with Gasteiger partial charge in [-0.25, -0.2) is 4.57 Å². The highest BCUT2D eigenvalue weighted by molar-refractivity contribution is 7.47. The summed E-state index contributed by atoms with van der Waals surface area (Å²) in [5, 5.41) is 50.1. The monoisotopic (exact) mass is 909 g/mol. The minimum atomic E-state index is -5.15. The van der Waals surface area contributed by atoms with E-state index in [0.29, 0.717) is 19.3 Å². The number of phosphoric acid groups is 1. The molecule has 8 atom stereocenters. The number of phosphoric ester groups is 1. The first-order valence-corrected chi connectivity index (χ1v) is 24.9. The fraction of sp³-hybridized carbons (Fsp3) is 0.673. The first-order chi connectivity index (χ1) is 30.4. The maximum Gasteiger partial charge on any atom is 0.472 e. The van der Waals surface area contributed by atoms with Gasteiger partial charge in [0.2, 0.25) is 0 Å². The molecule has 0 amide bonds. The molecule has 13 nitrogen and oxygen atoms in total. The van der Waals surface area contributed by atoms with Gasteiger partial charge in [0, 0.05) is 12.8 Å². The number of unbranched alkanes of at least 4 members (excludes halogenated alkanes) is 11. The van der Waals surface area contributed by atoms with Gasteiger partial charge >= 0.3 is 19.8 Å². The van der Waals surface area contributed by atoms with E-state index in [1.54, 1.807) is 0 Å². The van der Waals surface area contributed by atoms with Crippen LogP contribution in [0.2, 0.25) is 0 Å². The van der Waals surface area contributed by atoms with Crippen LogP contribution in [0.5, 0.6) is 0 Å². The summed E-state index contributed by atoms with van der Waals surface area (Å²) in [6, 6.07) is 0. The summed E-state index contributed by atoms with van der Waals surface area (Å²) >= 11 is 0. The number of rotatable bonds is 37. The smallest absolute Gasteiger partial charge is 0.462 e. The molecule has 0 spiro atoms. The molecule has 1 fully saturated rings. The van der Waals surface area contributed by atoms with Crippen LogP contribution in [0.1, 0.15) is 155 Å². The number of carbonyl (C=O) groups is 2. The van der Waals surface area contributed by atoms with Gasteiger partial charge in [0.05, 0.1) is 6.61 Å². The predicted octanol–water partition coefficient (Wildman–Crippen LogP) is 9.28. The van der Waals surface area contributed by atoms with Crippen LogP contribution in [-0.4, -0.2) is 98.3 Å². The number of aliphatic hydroxyl groups is 5. The largest absolute Gasteiger partial charge is 0.472 e. The van der Waals surface area contributed by atoms with E-state index < -0.39 is 75.7 Å². The number of aliphatic hydroxyl groups excluding tert-OH is 5. The number of allylic oxidation sites excluding steroid dienone is 14. The van der Waals surface area contributed by atoms with Crippen LogP contribution in [-0.2, 0) is 32.7 Å². The molecule has 1 aliphatic carbocycles. The number of hydrogen-bond acceptors (Lipinski definition) is 12. The van der Waals surface area contributed by atoms with Gasteiger partial charge in [-0.05, 0) is 64.2 Å². The lowest BCUT2D eigenvalue weighted by Crippen LogP contribution is -2.64. The fourth-order valence-corrected chi connectivity index (χ4v) is 7.48. The van der Waals surface area contributed by atoms with Gasteiger partial charge in [-0.1, -0.05) is 163 Å². The van der Waals surface area contributed by atoms with Crippen molar-refractivity contribution in [2.45, 2.75) is 198 Å². The van der Waals surface area contributed by atoms with E-state index in [4.69, 9.17) is 18.5 Å². The molecular weight excluding hydrogens is 828 g/mol. The number of ether oxygens (including phenoxy) is 2. The Morgan fingerprint density at radius 3 is 1.40 bits per heavy atom. The normalized spacial score (nSPS) is 22.5. The van der Waals surface area contributed by atoms with Crippen molar-refractivity contribution in [1.82, 2.24) is 0 Å². The van der Waals surface area contributed by atoms with E-state index in [1.165, 1.54) is 64.2 Å². The van der Waals surface area contributed by atoms with Crippen molar-refractivity contribution in [2.75, 3.05) is 13.2 Å². The molecule has 4 unspecified atom stereocenters.